The Hall–Kier alpha value is -3.19. The molecule has 232 valence electrons. The molecule has 4 heterocycles. The molecular weight excluding hydrogens is 583 g/mol. The molecule has 0 spiro atoms. The molecule has 0 amide bonds. The maximum Gasteiger partial charge on any atom is 0.338 e. The molecule has 4 aromatic heterocycles. The Morgan fingerprint density at radius 1 is 1.14 bits per heavy atom. The van der Waals surface area contributed by atoms with E-state index in [9.17, 15) is 9.35 Å². The van der Waals surface area contributed by atoms with Crippen LogP contribution in [0.3, 0.4) is 0 Å². The van der Waals surface area contributed by atoms with Crippen LogP contribution < -0.4 is 4.74 Å². The summed E-state index contributed by atoms with van der Waals surface area (Å²) in [5.74, 6) is 0.0431. The summed E-state index contributed by atoms with van der Waals surface area (Å²) in [5.41, 5.74) is 5.27. The normalized spacial score (nSPS) is 13.6. The zero-order valence-electron chi connectivity index (χ0n) is 26.9. The van der Waals surface area contributed by atoms with Gasteiger partial charge in [0.15, 0.2) is 5.88 Å². The van der Waals surface area contributed by atoms with Gasteiger partial charge in [0.1, 0.15) is 45.5 Å². The van der Waals surface area contributed by atoms with Crippen molar-refractivity contribution < 1.29 is 23.6 Å². The number of carbonyl (C=O) groups is 1. The van der Waals surface area contributed by atoms with Gasteiger partial charge in [-0.2, -0.15) is 0 Å². The summed E-state index contributed by atoms with van der Waals surface area (Å²) in [6, 6.07) is 10.3. The van der Waals surface area contributed by atoms with E-state index in [0.29, 0.717) is 46.4 Å². The Morgan fingerprint density at radius 2 is 1.86 bits per heavy atom. The van der Waals surface area contributed by atoms with E-state index in [4.69, 9.17) is 24.2 Å². The molecule has 0 aliphatic rings. The molecular formula is C31H43N5O5SSi. The van der Waals surface area contributed by atoms with Crippen LogP contribution in [0, 0.1) is 6.92 Å². The van der Waals surface area contributed by atoms with E-state index in [1.807, 2.05) is 61.8 Å². The minimum absolute atomic E-state index is 0.272. The predicted octanol–water partition coefficient (Wildman–Crippen LogP) is 6.43. The van der Waals surface area contributed by atoms with Crippen molar-refractivity contribution in [3.05, 3.63) is 47.3 Å². The smallest absolute Gasteiger partial charge is 0.338 e. The maximum absolute atomic E-state index is 12.7. The van der Waals surface area contributed by atoms with Gasteiger partial charge < -0.3 is 18.8 Å². The second-order valence-corrected chi connectivity index (χ2v) is 20.2. The van der Waals surface area contributed by atoms with Crippen LogP contribution in [0.2, 0.25) is 25.7 Å². The summed E-state index contributed by atoms with van der Waals surface area (Å²) in [6.07, 6.45) is 0. The summed E-state index contributed by atoms with van der Waals surface area (Å²) in [7, 11) is 0.274. The second kappa shape index (κ2) is 12.8. The van der Waals surface area contributed by atoms with Gasteiger partial charge in [0, 0.05) is 26.1 Å². The summed E-state index contributed by atoms with van der Waals surface area (Å²) in [5, 5.41) is 0.910. The summed E-state index contributed by atoms with van der Waals surface area (Å²) in [4.78, 5) is 22.5. The highest BCUT2D eigenvalue weighted by Gasteiger charge is 2.27. The quantitative estimate of drug-likeness (QED) is 0.0620. The number of methoxy groups -OCH3 is 1. The van der Waals surface area contributed by atoms with Crippen molar-refractivity contribution in [3.8, 4) is 17.3 Å². The topological polar surface area (TPSA) is 115 Å². The zero-order valence-corrected chi connectivity index (χ0v) is 28.7. The average Bonchev–Trinajstić information content (AvgIpc) is 3.46. The maximum atomic E-state index is 12.7. The molecule has 1 atom stereocenters. The van der Waals surface area contributed by atoms with Crippen LogP contribution in [-0.4, -0.2) is 68.3 Å². The second-order valence-electron chi connectivity index (χ2n) is 12.7. The third-order valence-corrected chi connectivity index (χ3v) is 10.1. The van der Waals surface area contributed by atoms with Crippen LogP contribution in [0.25, 0.3) is 28.1 Å². The first-order chi connectivity index (χ1) is 20.1. The molecule has 4 aromatic rings. The highest BCUT2D eigenvalue weighted by atomic mass is 32.2. The predicted molar refractivity (Wildman–Crippen MR) is 175 cm³/mol. The molecule has 0 unspecified atom stereocenters. The van der Waals surface area contributed by atoms with Gasteiger partial charge in [-0.05, 0) is 71.9 Å². The first-order valence-electron chi connectivity index (χ1n) is 14.4. The van der Waals surface area contributed by atoms with Crippen LogP contribution in [-0.2, 0) is 27.6 Å². The number of fused-ring (bicyclic) bond motifs is 2. The van der Waals surface area contributed by atoms with Gasteiger partial charge >= 0.3 is 5.97 Å². The first kappa shape index (κ1) is 32.7. The fraction of sp³-hybridized carbons (Fsp3) is 0.484. The molecule has 0 aliphatic carbocycles. The van der Waals surface area contributed by atoms with Gasteiger partial charge in [-0.25, -0.2) is 14.8 Å². The molecule has 0 radical (unpaired) electrons. The average molecular weight is 626 g/mol. The van der Waals surface area contributed by atoms with Crippen LogP contribution in [0.1, 0.15) is 56.4 Å². The molecule has 0 N–H and O–H groups in total. The van der Waals surface area contributed by atoms with Crippen LogP contribution in [0.4, 0.5) is 0 Å². The molecule has 10 nitrogen and oxygen atoms in total. The lowest BCUT2D eigenvalue weighted by Crippen LogP contribution is -2.26. The van der Waals surface area contributed by atoms with Crippen molar-refractivity contribution >= 4 is 47.8 Å². The van der Waals surface area contributed by atoms with E-state index in [0.717, 1.165) is 22.8 Å². The molecule has 12 heteroatoms. The summed E-state index contributed by atoms with van der Waals surface area (Å²) >= 11 is -1.41. The van der Waals surface area contributed by atoms with E-state index >= 15 is 0 Å². The monoisotopic (exact) mass is 625 g/mol. The van der Waals surface area contributed by atoms with Gasteiger partial charge in [-0.3, -0.25) is 8.97 Å². The molecule has 0 aliphatic heterocycles. The molecule has 0 aromatic carbocycles. The number of rotatable bonds is 11. The van der Waals surface area contributed by atoms with Crippen molar-refractivity contribution in [2.45, 2.75) is 78.7 Å². The largest absolute Gasteiger partial charge is 0.591 e. The SMILES string of the molecule is CCOC(=O)c1cc(OC)n2c(C)c(-c3cc4ccc(C(C)=N[S@@+]([O-])C(C)(C)C)nc4n3COCC[Si](C)(C)C)nc2c1. The van der Waals surface area contributed by atoms with Gasteiger partial charge in [-0.1, -0.05) is 24.0 Å². The number of aryl methyl sites for hydroxylation is 1. The number of hydrogen-bond donors (Lipinski definition) is 0. The summed E-state index contributed by atoms with van der Waals surface area (Å²) in [6.45, 7) is 19.4. The van der Waals surface area contributed by atoms with Crippen molar-refractivity contribution in [2.75, 3.05) is 20.3 Å². The third-order valence-electron chi connectivity index (χ3n) is 6.96. The number of pyridine rings is 2. The number of ether oxygens (including phenoxy) is 3. The van der Waals surface area contributed by atoms with Crippen molar-refractivity contribution in [1.82, 2.24) is 18.9 Å². The van der Waals surface area contributed by atoms with E-state index in [1.165, 1.54) is 0 Å². The van der Waals surface area contributed by atoms with Gasteiger partial charge in [0.25, 0.3) is 0 Å². The van der Waals surface area contributed by atoms with Crippen LogP contribution in [0.5, 0.6) is 5.88 Å². The molecule has 0 saturated carbocycles. The van der Waals surface area contributed by atoms with Crippen molar-refractivity contribution in [2.24, 2.45) is 4.40 Å². The van der Waals surface area contributed by atoms with E-state index < -0.39 is 30.2 Å². The molecule has 43 heavy (non-hydrogen) atoms. The minimum atomic E-state index is -1.41. The van der Waals surface area contributed by atoms with Crippen molar-refractivity contribution in [3.63, 3.8) is 0 Å². The lowest BCUT2D eigenvalue weighted by Gasteiger charge is -2.18. The van der Waals surface area contributed by atoms with E-state index in [1.54, 1.807) is 26.2 Å². The Labute approximate surface area is 257 Å². The number of esters is 1. The molecule has 4 rings (SSSR count). The van der Waals surface area contributed by atoms with E-state index in [-0.39, 0.29) is 13.3 Å². The number of hydrogen-bond acceptors (Lipinski definition) is 8. The number of aromatic nitrogens is 4. The van der Waals surface area contributed by atoms with Crippen molar-refractivity contribution in [1.29, 1.82) is 0 Å². The van der Waals surface area contributed by atoms with Gasteiger partial charge in [0.2, 0.25) is 0 Å². The lowest BCUT2D eigenvalue weighted by atomic mass is 10.2. The Bertz CT molecular complexity index is 1670. The highest BCUT2D eigenvalue weighted by molar-refractivity contribution is 7.91. The Morgan fingerprint density at radius 3 is 2.49 bits per heavy atom. The lowest BCUT2D eigenvalue weighted by molar-refractivity contribution is 0.0525. The standard InChI is InChI=1S/C31H43N5O5SSi/c1-11-41-30(37)23-17-26-33-28(21(3)36(26)27(18-23)39-7)25-16-22-12-13-24(20(2)34-42(38)31(4,5)6)32-29(22)35(25)19-40-14-15-43(8,9)10/h12-13,16-18H,11,14-15,19H2,1-10H3/t42-/m0/s1. The zero-order chi connectivity index (χ0) is 31.7. The van der Waals surface area contributed by atoms with E-state index in [2.05, 4.69) is 24.0 Å². The summed E-state index contributed by atoms with van der Waals surface area (Å²) < 4.78 is 37.7. The Balaban J connectivity index is 1.87. The number of carbonyl (C=O) groups excluding carboxylic acids is 1. The van der Waals surface area contributed by atoms with Crippen LogP contribution >= 0.6 is 0 Å². The minimum Gasteiger partial charge on any atom is -0.591 e. The van der Waals surface area contributed by atoms with Crippen LogP contribution in [0.15, 0.2) is 34.7 Å². The number of nitrogens with zero attached hydrogens (tertiary/aromatic N) is 5. The van der Waals surface area contributed by atoms with Gasteiger partial charge in [-0.15, -0.1) is 0 Å². The molecule has 0 bridgehead atoms. The Kier molecular flexibility index (Phi) is 9.75. The molecule has 0 saturated heterocycles. The highest BCUT2D eigenvalue weighted by Crippen LogP contribution is 2.33. The molecule has 0 fully saturated rings. The van der Waals surface area contributed by atoms with Gasteiger partial charge in [0.05, 0.1) is 36.4 Å². The fourth-order valence-electron chi connectivity index (χ4n) is 4.50. The first-order valence-corrected chi connectivity index (χ1v) is 19.3. The third kappa shape index (κ3) is 7.31. The fourth-order valence-corrected chi connectivity index (χ4v) is 5.87. The number of imidazole rings is 1.